The predicted molar refractivity (Wildman–Crippen MR) is 116 cm³/mol. The Kier molecular flexibility index (Phi) is 4.99. The fraction of sp³-hybridized carbons (Fsp3) is 0.227. The molecule has 0 unspecified atom stereocenters. The zero-order chi connectivity index (χ0) is 21.4. The maximum atomic E-state index is 13.0. The van der Waals surface area contributed by atoms with E-state index in [0.717, 1.165) is 0 Å². The molecule has 9 heteroatoms. The number of rotatable bonds is 3. The van der Waals surface area contributed by atoms with Crippen LogP contribution in [0.25, 0.3) is 5.69 Å². The molecule has 8 nitrogen and oxygen atoms in total. The Labute approximate surface area is 183 Å². The number of carbonyl (C=O) groups is 1. The first-order chi connectivity index (χ1) is 15.1. The van der Waals surface area contributed by atoms with E-state index in [0.29, 0.717) is 54.6 Å². The van der Waals surface area contributed by atoms with Crippen molar-refractivity contribution in [1.29, 1.82) is 0 Å². The summed E-state index contributed by atoms with van der Waals surface area (Å²) in [4.78, 5) is 29.5. The minimum atomic E-state index is -0.374. The van der Waals surface area contributed by atoms with Crippen molar-refractivity contribution in [3.05, 3.63) is 75.7 Å². The molecule has 1 fully saturated rings. The summed E-state index contributed by atoms with van der Waals surface area (Å²) in [6, 6.07) is 14.4. The van der Waals surface area contributed by atoms with Crippen molar-refractivity contribution in [2.75, 3.05) is 37.9 Å². The monoisotopic (exact) mass is 438 g/mol. The first-order valence-electron chi connectivity index (χ1n) is 9.89. The number of para-hydroxylation sites is 2. The minimum absolute atomic E-state index is 0.106. The molecule has 3 heterocycles. The van der Waals surface area contributed by atoms with Gasteiger partial charge in [-0.25, -0.2) is 0 Å². The third-order valence-corrected chi connectivity index (χ3v) is 5.79. The molecule has 0 atom stereocenters. The maximum Gasteiger partial charge on any atom is 0.292 e. The van der Waals surface area contributed by atoms with Crippen molar-refractivity contribution in [2.45, 2.75) is 0 Å². The van der Waals surface area contributed by atoms with Gasteiger partial charge in [0, 0.05) is 26.2 Å². The topological polar surface area (TPSA) is 76.9 Å². The molecule has 5 rings (SSSR count). The molecular formula is C22H19ClN4O4. The lowest BCUT2D eigenvalue weighted by molar-refractivity contribution is 0.0742. The largest absolute Gasteiger partial charge is 0.454 e. The van der Waals surface area contributed by atoms with Crippen LogP contribution in [0.15, 0.2) is 59.5 Å². The van der Waals surface area contributed by atoms with Crippen molar-refractivity contribution < 1.29 is 14.3 Å². The fourth-order valence-corrected chi connectivity index (χ4v) is 4.07. The van der Waals surface area contributed by atoms with Gasteiger partial charge in [0.25, 0.3) is 11.5 Å². The highest BCUT2D eigenvalue weighted by Crippen LogP contribution is 2.36. The molecule has 2 aliphatic heterocycles. The number of fused-ring (bicyclic) bond motifs is 1. The number of hydrogen-bond donors (Lipinski definition) is 0. The van der Waals surface area contributed by atoms with Gasteiger partial charge < -0.3 is 19.3 Å². The quantitative estimate of drug-likeness (QED) is 0.625. The minimum Gasteiger partial charge on any atom is -0.454 e. The van der Waals surface area contributed by atoms with Crippen LogP contribution in [0.4, 0.5) is 5.69 Å². The van der Waals surface area contributed by atoms with Gasteiger partial charge >= 0.3 is 0 Å². The highest BCUT2D eigenvalue weighted by Gasteiger charge is 2.29. The molecule has 0 N–H and O–H groups in total. The lowest BCUT2D eigenvalue weighted by Gasteiger charge is -2.36. The van der Waals surface area contributed by atoms with Gasteiger partial charge in [-0.2, -0.15) is 9.78 Å². The van der Waals surface area contributed by atoms with Gasteiger partial charge in [-0.1, -0.05) is 35.9 Å². The number of nitrogens with zero attached hydrogens (tertiary/aromatic N) is 4. The fourth-order valence-electron chi connectivity index (χ4n) is 3.82. The lowest BCUT2D eigenvalue weighted by atomic mass is 10.1. The molecule has 31 heavy (non-hydrogen) atoms. The average Bonchev–Trinajstić information content (AvgIpc) is 3.30. The number of halogens is 1. The maximum absolute atomic E-state index is 13.0. The van der Waals surface area contributed by atoms with E-state index in [2.05, 4.69) is 5.10 Å². The van der Waals surface area contributed by atoms with Gasteiger partial charge in [-0.3, -0.25) is 9.59 Å². The number of hydrogen-bond acceptors (Lipinski definition) is 6. The summed E-state index contributed by atoms with van der Waals surface area (Å²) in [5.74, 6) is 0.971. The first kappa shape index (κ1) is 19.4. The van der Waals surface area contributed by atoms with E-state index in [1.54, 1.807) is 41.4 Å². The second-order valence-corrected chi connectivity index (χ2v) is 7.59. The third kappa shape index (κ3) is 3.48. The zero-order valence-electron chi connectivity index (χ0n) is 16.5. The van der Waals surface area contributed by atoms with Gasteiger partial charge in [0.1, 0.15) is 5.02 Å². The van der Waals surface area contributed by atoms with E-state index in [1.807, 2.05) is 23.1 Å². The SMILES string of the molecule is O=C(c1cccc2c1OCO2)N1CCN(c2cnn(-c3ccccc3)c(=O)c2Cl)CC1. The van der Waals surface area contributed by atoms with Crippen LogP contribution >= 0.6 is 11.6 Å². The van der Waals surface area contributed by atoms with Crippen LogP contribution < -0.4 is 19.9 Å². The van der Waals surface area contributed by atoms with Crippen LogP contribution in [0.2, 0.25) is 5.02 Å². The van der Waals surface area contributed by atoms with Crippen LogP contribution in [0.3, 0.4) is 0 Å². The number of ether oxygens (including phenoxy) is 2. The van der Waals surface area contributed by atoms with Gasteiger partial charge in [-0.15, -0.1) is 0 Å². The van der Waals surface area contributed by atoms with E-state index < -0.39 is 0 Å². The average molecular weight is 439 g/mol. The van der Waals surface area contributed by atoms with Crippen LogP contribution in [-0.4, -0.2) is 53.6 Å². The Morgan fingerprint density at radius 1 is 0.968 bits per heavy atom. The second kappa shape index (κ2) is 7.96. The summed E-state index contributed by atoms with van der Waals surface area (Å²) in [7, 11) is 0. The summed E-state index contributed by atoms with van der Waals surface area (Å²) in [6.07, 6.45) is 1.60. The van der Waals surface area contributed by atoms with Crippen molar-refractivity contribution in [2.24, 2.45) is 0 Å². The van der Waals surface area contributed by atoms with Gasteiger partial charge in [-0.05, 0) is 24.3 Å². The van der Waals surface area contributed by atoms with E-state index in [-0.39, 0.29) is 23.3 Å². The molecule has 1 amide bonds. The molecule has 2 aromatic carbocycles. The Hall–Kier alpha value is -3.52. The molecule has 0 saturated carbocycles. The lowest BCUT2D eigenvalue weighted by Crippen LogP contribution is -2.49. The van der Waals surface area contributed by atoms with Crippen molar-refractivity contribution in [1.82, 2.24) is 14.7 Å². The smallest absolute Gasteiger partial charge is 0.292 e. The molecule has 158 valence electrons. The van der Waals surface area contributed by atoms with Gasteiger partial charge in [0.05, 0.1) is 23.1 Å². The molecule has 3 aromatic rings. The predicted octanol–water partition coefficient (Wildman–Crippen LogP) is 2.58. The summed E-state index contributed by atoms with van der Waals surface area (Å²) in [6.45, 7) is 2.17. The summed E-state index contributed by atoms with van der Waals surface area (Å²) in [5, 5.41) is 4.41. The van der Waals surface area contributed by atoms with Gasteiger partial charge in [0.15, 0.2) is 11.5 Å². The number of amides is 1. The van der Waals surface area contributed by atoms with Crippen LogP contribution in [-0.2, 0) is 0 Å². The molecule has 0 aliphatic carbocycles. The normalized spacial score (nSPS) is 15.3. The number of aromatic nitrogens is 2. The highest BCUT2D eigenvalue weighted by molar-refractivity contribution is 6.33. The summed E-state index contributed by atoms with van der Waals surface area (Å²) in [5.41, 5.74) is 1.34. The third-order valence-electron chi connectivity index (χ3n) is 5.44. The molecule has 0 spiro atoms. The number of piperazine rings is 1. The van der Waals surface area contributed by atoms with Gasteiger partial charge in [0.2, 0.25) is 6.79 Å². The van der Waals surface area contributed by atoms with Crippen LogP contribution in [0, 0.1) is 0 Å². The zero-order valence-corrected chi connectivity index (χ0v) is 17.3. The van der Waals surface area contributed by atoms with Crippen LogP contribution in [0.1, 0.15) is 10.4 Å². The molecule has 1 saturated heterocycles. The molecule has 1 aromatic heterocycles. The Bertz CT molecular complexity index is 1190. The van der Waals surface area contributed by atoms with Crippen molar-refractivity contribution in [3.63, 3.8) is 0 Å². The second-order valence-electron chi connectivity index (χ2n) is 7.21. The standard InChI is InChI=1S/C22H19ClN4O4/c23-19-17(13-24-27(22(19)29)15-5-2-1-3-6-15)25-9-11-26(12-10-25)21(28)16-7-4-8-18-20(16)31-14-30-18/h1-8,13H,9-12,14H2. The number of benzene rings is 2. The van der Waals surface area contributed by atoms with E-state index >= 15 is 0 Å². The number of anilines is 1. The number of carbonyl (C=O) groups excluding carboxylic acids is 1. The van der Waals surface area contributed by atoms with Crippen LogP contribution in [0.5, 0.6) is 11.5 Å². The first-order valence-corrected chi connectivity index (χ1v) is 10.3. The van der Waals surface area contributed by atoms with Crippen molar-refractivity contribution in [3.8, 4) is 17.2 Å². The molecule has 0 bridgehead atoms. The Morgan fingerprint density at radius 3 is 2.52 bits per heavy atom. The van der Waals surface area contributed by atoms with E-state index in [9.17, 15) is 9.59 Å². The Morgan fingerprint density at radius 2 is 1.74 bits per heavy atom. The molecule has 0 radical (unpaired) electrons. The van der Waals surface area contributed by atoms with E-state index in [4.69, 9.17) is 21.1 Å². The molecule has 2 aliphatic rings. The summed E-state index contributed by atoms with van der Waals surface area (Å²) < 4.78 is 12.1. The van der Waals surface area contributed by atoms with Crippen molar-refractivity contribution >= 4 is 23.2 Å². The molecular weight excluding hydrogens is 420 g/mol. The highest BCUT2D eigenvalue weighted by atomic mass is 35.5. The van der Waals surface area contributed by atoms with E-state index in [1.165, 1.54) is 4.68 Å². The Balaban J connectivity index is 1.32. The summed E-state index contributed by atoms with van der Waals surface area (Å²) >= 11 is 6.41.